The number of carboxylic acids is 1. The monoisotopic (exact) mass is 296 g/mol. The standard InChI is InChI=1S/C16H12N2O4/c1-10-14(9-13-6-3-7-22-13)15(19)18(17-10)12-5-2-4-11(8-12)16(20)21/h2-9H,1H3,(H,20,21)/b14-9-. The number of carboxylic acid groups (broad SMARTS) is 1. The first-order valence-corrected chi connectivity index (χ1v) is 6.55. The molecule has 1 amide bonds. The highest BCUT2D eigenvalue weighted by Crippen LogP contribution is 2.25. The van der Waals surface area contributed by atoms with Gasteiger partial charge in [-0.25, -0.2) is 4.79 Å². The van der Waals surface area contributed by atoms with Crippen molar-refractivity contribution in [3.8, 4) is 0 Å². The third-order valence-electron chi connectivity index (χ3n) is 3.23. The van der Waals surface area contributed by atoms with Crippen molar-refractivity contribution in [1.29, 1.82) is 0 Å². The van der Waals surface area contributed by atoms with Gasteiger partial charge in [0.2, 0.25) is 0 Å². The van der Waals surface area contributed by atoms with E-state index >= 15 is 0 Å². The predicted octanol–water partition coefficient (Wildman–Crippen LogP) is 2.78. The summed E-state index contributed by atoms with van der Waals surface area (Å²) in [4.78, 5) is 23.5. The van der Waals surface area contributed by atoms with E-state index in [4.69, 9.17) is 9.52 Å². The Labute approximate surface area is 126 Å². The fraction of sp³-hybridized carbons (Fsp3) is 0.0625. The average Bonchev–Trinajstić information content (AvgIpc) is 3.11. The molecule has 22 heavy (non-hydrogen) atoms. The van der Waals surface area contributed by atoms with Gasteiger partial charge < -0.3 is 9.52 Å². The number of anilines is 1. The minimum Gasteiger partial charge on any atom is -0.478 e. The third kappa shape index (κ3) is 2.42. The lowest BCUT2D eigenvalue weighted by Crippen LogP contribution is -2.21. The van der Waals surface area contributed by atoms with E-state index in [1.807, 2.05) is 0 Å². The van der Waals surface area contributed by atoms with Crippen molar-refractivity contribution in [2.45, 2.75) is 6.92 Å². The number of amides is 1. The molecule has 6 heteroatoms. The van der Waals surface area contributed by atoms with Crippen molar-refractivity contribution in [2.75, 3.05) is 5.01 Å². The quantitative estimate of drug-likeness (QED) is 0.883. The largest absolute Gasteiger partial charge is 0.478 e. The smallest absolute Gasteiger partial charge is 0.335 e. The normalized spacial score (nSPS) is 16.2. The lowest BCUT2D eigenvalue weighted by molar-refractivity contribution is -0.114. The van der Waals surface area contributed by atoms with Crippen LogP contribution >= 0.6 is 0 Å². The zero-order chi connectivity index (χ0) is 15.7. The summed E-state index contributed by atoms with van der Waals surface area (Å²) in [6, 6.07) is 9.55. The maximum atomic E-state index is 12.5. The number of hydrogen-bond acceptors (Lipinski definition) is 4. The number of aromatic carboxylic acids is 1. The molecule has 1 aromatic carbocycles. The second-order valence-electron chi connectivity index (χ2n) is 4.73. The maximum absolute atomic E-state index is 12.5. The van der Waals surface area contributed by atoms with Crippen LogP contribution in [0.4, 0.5) is 5.69 Å². The zero-order valence-electron chi connectivity index (χ0n) is 11.7. The second-order valence-corrected chi connectivity index (χ2v) is 4.73. The van der Waals surface area contributed by atoms with Crippen molar-refractivity contribution in [3.63, 3.8) is 0 Å². The van der Waals surface area contributed by atoms with Gasteiger partial charge in [-0.3, -0.25) is 4.79 Å². The molecule has 6 nitrogen and oxygen atoms in total. The Kier molecular flexibility index (Phi) is 3.34. The van der Waals surface area contributed by atoms with Gasteiger partial charge in [-0.2, -0.15) is 10.1 Å². The molecule has 0 saturated carbocycles. The number of nitrogens with zero attached hydrogens (tertiary/aromatic N) is 2. The van der Waals surface area contributed by atoms with E-state index in [0.29, 0.717) is 22.7 Å². The molecule has 1 aliphatic heterocycles. The van der Waals surface area contributed by atoms with Crippen LogP contribution in [-0.4, -0.2) is 22.7 Å². The van der Waals surface area contributed by atoms with Gasteiger partial charge in [0.15, 0.2) is 0 Å². The molecular weight excluding hydrogens is 284 g/mol. The van der Waals surface area contributed by atoms with Gasteiger partial charge in [0.1, 0.15) is 5.76 Å². The van der Waals surface area contributed by atoms with Crippen molar-refractivity contribution in [1.82, 2.24) is 0 Å². The minimum atomic E-state index is -1.06. The lowest BCUT2D eigenvalue weighted by atomic mass is 10.1. The van der Waals surface area contributed by atoms with Crippen molar-refractivity contribution < 1.29 is 19.1 Å². The van der Waals surface area contributed by atoms with Crippen LogP contribution in [-0.2, 0) is 4.79 Å². The third-order valence-corrected chi connectivity index (χ3v) is 3.23. The molecule has 3 rings (SSSR count). The molecule has 0 bridgehead atoms. The summed E-state index contributed by atoms with van der Waals surface area (Å²) < 4.78 is 5.20. The van der Waals surface area contributed by atoms with Crippen molar-refractivity contribution in [3.05, 3.63) is 59.6 Å². The zero-order valence-corrected chi connectivity index (χ0v) is 11.7. The van der Waals surface area contributed by atoms with E-state index in [1.165, 1.54) is 23.4 Å². The Balaban J connectivity index is 1.96. The molecule has 2 aromatic rings. The van der Waals surface area contributed by atoms with E-state index in [2.05, 4.69) is 5.10 Å². The summed E-state index contributed by atoms with van der Waals surface area (Å²) in [5.41, 5.74) is 1.46. The second kappa shape index (κ2) is 5.33. The van der Waals surface area contributed by atoms with E-state index in [1.54, 1.807) is 37.3 Å². The van der Waals surface area contributed by atoms with E-state index in [0.717, 1.165) is 0 Å². The molecule has 0 aliphatic carbocycles. The molecule has 1 aromatic heterocycles. The fourth-order valence-corrected chi connectivity index (χ4v) is 2.15. The Morgan fingerprint density at radius 3 is 2.82 bits per heavy atom. The average molecular weight is 296 g/mol. The van der Waals surface area contributed by atoms with Gasteiger partial charge in [0.05, 0.1) is 28.8 Å². The Bertz CT molecular complexity index is 803. The molecule has 110 valence electrons. The summed E-state index contributed by atoms with van der Waals surface area (Å²) in [7, 11) is 0. The van der Waals surface area contributed by atoms with Crippen LogP contribution in [0.2, 0.25) is 0 Å². The molecule has 2 heterocycles. The molecule has 0 spiro atoms. The lowest BCUT2D eigenvalue weighted by Gasteiger charge is -2.12. The van der Waals surface area contributed by atoms with Crippen LogP contribution in [0, 0.1) is 0 Å². The van der Waals surface area contributed by atoms with Crippen LogP contribution in [0.15, 0.2) is 57.8 Å². The van der Waals surface area contributed by atoms with Crippen LogP contribution in [0.3, 0.4) is 0 Å². The van der Waals surface area contributed by atoms with E-state index < -0.39 is 5.97 Å². The van der Waals surface area contributed by atoms with Gasteiger partial charge in [-0.15, -0.1) is 0 Å². The number of carbonyl (C=O) groups is 2. The van der Waals surface area contributed by atoms with E-state index in [-0.39, 0.29) is 11.5 Å². The number of furan rings is 1. The first kappa shape index (κ1) is 13.8. The van der Waals surface area contributed by atoms with Crippen LogP contribution in [0.25, 0.3) is 6.08 Å². The molecule has 0 unspecified atom stereocenters. The van der Waals surface area contributed by atoms with Gasteiger partial charge in [-0.05, 0) is 43.3 Å². The minimum absolute atomic E-state index is 0.0987. The first-order valence-electron chi connectivity index (χ1n) is 6.55. The molecule has 1 aliphatic rings. The van der Waals surface area contributed by atoms with Gasteiger partial charge in [0, 0.05) is 0 Å². The van der Waals surface area contributed by atoms with Crippen LogP contribution in [0.1, 0.15) is 23.0 Å². The van der Waals surface area contributed by atoms with Gasteiger partial charge in [0.25, 0.3) is 5.91 Å². The van der Waals surface area contributed by atoms with Crippen molar-refractivity contribution >= 4 is 29.4 Å². The van der Waals surface area contributed by atoms with Crippen LogP contribution in [0.5, 0.6) is 0 Å². The SMILES string of the molecule is CC1=NN(c2cccc(C(=O)O)c2)C(=O)/C1=C\c1ccco1. The maximum Gasteiger partial charge on any atom is 0.335 e. The molecule has 1 N–H and O–H groups in total. The van der Waals surface area contributed by atoms with Gasteiger partial charge in [-0.1, -0.05) is 6.07 Å². The number of hydrogen-bond donors (Lipinski definition) is 1. The highest BCUT2D eigenvalue weighted by atomic mass is 16.4. The summed E-state index contributed by atoms with van der Waals surface area (Å²) >= 11 is 0. The Hall–Kier alpha value is -3.15. The molecule has 0 atom stereocenters. The molecule has 0 saturated heterocycles. The summed E-state index contributed by atoms with van der Waals surface area (Å²) in [6.45, 7) is 1.72. The van der Waals surface area contributed by atoms with Gasteiger partial charge >= 0.3 is 5.97 Å². The predicted molar refractivity (Wildman–Crippen MR) is 80.7 cm³/mol. The fourth-order valence-electron chi connectivity index (χ4n) is 2.15. The Morgan fingerprint density at radius 1 is 1.32 bits per heavy atom. The first-order chi connectivity index (χ1) is 10.6. The number of rotatable bonds is 3. The summed E-state index contributed by atoms with van der Waals surface area (Å²) in [5.74, 6) is -0.823. The number of benzene rings is 1. The molecular formula is C16H12N2O4. The van der Waals surface area contributed by atoms with Crippen LogP contribution < -0.4 is 5.01 Å². The van der Waals surface area contributed by atoms with Crippen molar-refractivity contribution in [2.24, 2.45) is 5.10 Å². The number of carbonyl (C=O) groups excluding carboxylic acids is 1. The highest BCUT2D eigenvalue weighted by molar-refractivity contribution is 6.32. The summed E-state index contributed by atoms with van der Waals surface area (Å²) in [6.07, 6.45) is 3.13. The van der Waals surface area contributed by atoms with E-state index in [9.17, 15) is 9.59 Å². The highest BCUT2D eigenvalue weighted by Gasteiger charge is 2.29. The topological polar surface area (TPSA) is 83.1 Å². The summed E-state index contributed by atoms with van der Waals surface area (Å²) in [5, 5.41) is 14.4. The number of hydrazone groups is 1. The molecule has 0 radical (unpaired) electrons. The Morgan fingerprint density at radius 2 is 2.14 bits per heavy atom. The molecule has 0 fully saturated rings.